The predicted octanol–water partition coefficient (Wildman–Crippen LogP) is 2.03. The molecule has 0 spiro atoms. The average molecular weight is 608 g/mol. The molecule has 2 heterocycles. The molecule has 1 amide bonds. The molecule has 1 aromatic carbocycles. The molecule has 10 nitrogen and oxygen atoms in total. The van der Waals surface area contributed by atoms with Gasteiger partial charge in [-0.25, -0.2) is 18.5 Å². The number of carbonyl (C=O) groups is 1. The number of pyridine rings is 2. The fourth-order valence-electron chi connectivity index (χ4n) is 2.82. The van der Waals surface area contributed by atoms with Crippen molar-refractivity contribution in [1.29, 1.82) is 0 Å². The minimum Gasteiger partial charge on any atom is -0.365 e. The Labute approximate surface area is 204 Å². The summed E-state index contributed by atoms with van der Waals surface area (Å²) in [6.07, 6.45) is 1.95. The maximum absolute atomic E-state index is 15.0. The molecule has 180 valence electrons. The van der Waals surface area contributed by atoms with E-state index in [1.165, 1.54) is 12.1 Å². The van der Waals surface area contributed by atoms with Crippen LogP contribution in [0.25, 0.3) is 0 Å². The van der Waals surface area contributed by atoms with Crippen molar-refractivity contribution in [3.8, 4) is 0 Å². The average Bonchev–Trinajstić information content (AvgIpc) is 2.77. The number of amides is 1. The number of hydrogen-bond donors (Lipinski definition) is 4. The third-order valence-electron chi connectivity index (χ3n) is 4.49. The quantitative estimate of drug-likeness (QED) is 0.288. The molecule has 2 aromatic heterocycles. The molecular weight excluding hydrogens is 592 g/mol. The second kappa shape index (κ2) is 9.98. The molecule has 0 saturated carbocycles. The highest BCUT2D eigenvalue weighted by Crippen LogP contribution is 2.26. The zero-order valence-corrected chi connectivity index (χ0v) is 20.2. The number of aromatic nitrogens is 2. The Morgan fingerprint density at radius 1 is 1.21 bits per heavy atom. The van der Waals surface area contributed by atoms with Gasteiger partial charge >= 0.3 is 0 Å². The molecule has 15 heteroatoms. The normalized spacial score (nSPS) is 11.3. The molecule has 3 aromatic rings. The van der Waals surface area contributed by atoms with Crippen LogP contribution in [-0.2, 0) is 16.8 Å². The van der Waals surface area contributed by atoms with Gasteiger partial charge in [-0.3, -0.25) is 14.3 Å². The number of carbonyl (C=O) groups excluding carboxylic acids is 1. The van der Waals surface area contributed by atoms with Gasteiger partial charge in [-0.1, -0.05) is 0 Å². The Bertz CT molecular complexity index is 1450. The van der Waals surface area contributed by atoms with Crippen molar-refractivity contribution in [2.24, 2.45) is 5.73 Å². The molecule has 0 bridgehead atoms. The van der Waals surface area contributed by atoms with Crippen LogP contribution in [0.4, 0.5) is 30.4 Å². The van der Waals surface area contributed by atoms with Gasteiger partial charge in [0.25, 0.3) is 21.7 Å². The lowest BCUT2D eigenvalue weighted by molar-refractivity contribution is 0.1000. The van der Waals surface area contributed by atoms with Crippen molar-refractivity contribution in [2.45, 2.75) is 6.54 Å². The Balaban J connectivity index is 2.05. The van der Waals surface area contributed by atoms with Crippen molar-refractivity contribution >= 4 is 55.9 Å². The van der Waals surface area contributed by atoms with Gasteiger partial charge in [0.1, 0.15) is 5.82 Å². The van der Waals surface area contributed by atoms with Gasteiger partial charge in [0.05, 0.1) is 23.5 Å². The van der Waals surface area contributed by atoms with Crippen molar-refractivity contribution < 1.29 is 26.4 Å². The van der Waals surface area contributed by atoms with E-state index in [9.17, 15) is 31.2 Å². The number of hydrogen-bond acceptors (Lipinski definition) is 6. The predicted molar refractivity (Wildman–Crippen MR) is 126 cm³/mol. The van der Waals surface area contributed by atoms with E-state index in [4.69, 9.17) is 5.73 Å². The minimum atomic E-state index is -4.09. The summed E-state index contributed by atoms with van der Waals surface area (Å²) in [4.78, 5) is 28.2. The third-order valence-corrected chi connectivity index (χ3v) is 6.16. The highest BCUT2D eigenvalue weighted by molar-refractivity contribution is 14.1. The van der Waals surface area contributed by atoms with Crippen LogP contribution in [0.5, 0.6) is 0 Å². The molecule has 0 unspecified atom stereocenters. The number of nitrogens with zero attached hydrogens (tertiary/aromatic N) is 2. The Morgan fingerprint density at radius 3 is 2.53 bits per heavy atom. The molecule has 0 fully saturated rings. The minimum absolute atomic E-state index is 0.208. The van der Waals surface area contributed by atoms with Crippen molar-refractivity contribution in [2.75, 3.05) is 17.1 Å². The van der Waals surface area contributed by atoms with Crippen LogP contribution < -0.4 is 26.1 Å². The summed E-state index contributed by atoms with van der Waals surface area (Å²) in [6, 6.07) is 5.08. The van der Waals surface area contributed by atoms with Crippen LogP contribution >= 0.6 is 22.6 Å². The Hall–Kier alpha value is -3.18. The molecule has 5 N–H and O–H groups in total. The van der Waals surface area contributed by atoms with Crippen molar-refractivity contribution in [3.05, 3.63) is 79.2 Å². The van der Waals surface area contributed by atoms with E-state index >= 15 is 0 Å². The molecule has 34 heavy (non-hydrogen) atoms. The van der Waals surface area contributed by atoms with Gasteiger partial charge in [-0.05, 0) is 46.9 Å². The van der Waals surface area contributed by atoms with E-state index < -0.39 is 62.7 Å². The van der Waals surface area contributed by atoms with Crippen molar-refractivity contribution in [3.63, 3.8) is 0 Å². The summed E-state index contributed by atoms with van der Waals surface area (Å²) >= 11 is 1.87. The number of halogens is 4. The number of rotatable bonds is 8. The number of primary amides is 1. The zero-order chi connectivity index (χ0) is 25.2. The van der Waals surface area contributed by atoms with Crippen LogP contribution in [-0.4, -0.2) is 30.9 Å². The number of nitrogens with two attached hydrogens (primary N) is 1. The molecule has 3 rings (SSSR count). The molecular formula is C19H16F3IN6O4S. The first kappa shape index (κ1) is 25.4. The molecule has 0 saturated heterocycles. The summed E-state index contributed by atoms with van der Waals surface area (Å²) < 4.78 is 72.2. The SMILES string of the molecule is CNS(=O)(=O)Nc1nccc(Cn2cc(C(N)=O)c(Nc3ccc(I)cc3F)c(F)c2=O)c1F. The second-order valence-corrected chi connectivity index (χ2v) is 9.59. The molecule has 0 aliphatic carbocycles. The number of benzene rings is 1. The number of nitrogens with one attached hydrogen (secondary N) is 3. The molecule has 0 radical (unpaired) electrons. The van der Waals surface area contributed by atoms with E-state index in [0.29, 0.717) is 8.14 Å². The lowest BCUT2D eigenvalue weighted by atomic mass is 10.1. The first-order valence-electron chi connectivity index (χ1n) is 9.23. The largest absolute Gasteiger partial charge is 0.365 e. The molecule has 0 aliphatic heterocycles. The van der Waals surface area contributed by atoms with Gasteiger partial charge in [0.2, 0.25) is 5.82 Å². The fourth-order valence-corrected chi connectivity index (χ4v) is 3.77. The summed E-state index contributed by atoms with van der Waals surface area (Å²) in [5, 5.41) is 2.37. The van der Waals surface area contributed by atoms with Gasteiger partial charge in [0, 0.05) is 28.6 Å². The van der Waals surface area contributed by atoms with Crippen LogP contribution in [0.1, 0.15) is 15.9 Å². The lowest BCUT2D eigenvalue weighted by Gasteiger charge is -2.16. The van der Waals surface area contributed by atoms with Crippen LogP contribution in [0.2, 0.25) is 0 Å². The van der Waals surface area contributed by atoms with E-state index in [0.717, 1.165) is 31.6 Å². The summed E-state index contributed by atoms with van der Waals surface area (Å²) in [6.45, 7) is -0.600. The van der Waals surface area contributed by atoms with E-state index in [1.54, 1.807) is 0 Å². The topological polar surface area (TPSA) is 148 Å². The first-order valence-corrected chi connectivity index (χ1v) is 11.8. The Morgan fingerprint density at radius 2 is 1.91 bits per heavy atom. The maximum Gasteiger partial charge on any atom is 0.300 e. The van der Waals surface area contributed by atoms with Crippen LogP contribution in [0.15, 0.2) is 41.5 Å². The molecule has 0 atom stereocenters. The monoisotopic (exact) mass is 608 g/mol. The Kier molecular flexibility index (Phi) is 7.47. The maximum atomic E-state index is 15.0. The smallest absolute Gasteiger partial charge is 0.300 e. The summed E-state index contributed by atoms with van der Waals surface area (Å²) in [7, 11) is -3.00. The van der Waals surface area contributed by atoms with E-state index in [1.807, 2.05) is 32.0 Å². The van der Waals surface area contributed by atoms with E-state index in [-0.39, 0.29) is 11.3 Å². The zero-order valence-electron chi connectivity index (χ0n) is 17.2. The van der Waals surface area contributed by atoms with Gasteiger partial charge in [-0.15, -0.1) is 0 Å². The number of anilines is 3. The standard InChI is InChI=1S/C19H16F3IN6O4S/c1-25-34(32,33)28-18-14(21)9(4-5-26-18)7-29-8-11(17(24)30)16(15(22)19(29)31)27-13-3-2-10(23)6-12(13)20/h2-6,8,25,27H,7H2,1H3,(H2,24,30)(H,26,28). The van der Waals surface area contributed by atoms with E-state index in [2.05, 4.69) is 10.3 Å². The van der Waals surface area contributed by atoms with Crippen LogP contribution in [0, 0.1) is 21.0 Å². The van der Waals surface area contributed by atoms with Gasteiger partial charge in [0.15, 0.2) is 11.6 Å². The second-order valence-electron chi connectivity index (χ2n) is 6.72. The van der Waals surface area contributed by atoms with Crippen LogP contribution in [0.3, 0.4) is 0 Å². The molecule has 0 aliphatic rings. The van der Waals surface area contributed by atoms with Crippen molar-refractivity contribution in [1.82, 2.24) is 14.3 Å². The van der Waals surface area contributed by atoms with Gasteiger partial charge in [-0.2, -0.15) is 12.8 Å². The first-order chi connectivity index (χ1) is 15.9. The summed E-state index contributed by atoms with van der Waals surface area (Å²) in [5.74, 6) is -5.15. The lowest BCUT2D eigenvalue weighted by Crippen LogP contribution is -2.29. The highest BCUT2D eigenvalue weighted by Gasteiger charge is 2.22. The highest BCUT2D eigenvalue weighted by atomic mass is 127. The fraction of sp³-hybridized carbons (Fsp3) is 0.105. The summed E-state index contributed by atoms with van der Waals surface area (Å²) in [5.41, 5.74) is 2.46. The third kappa shape index (κ3) is 5.48. The van der Waals surface area contributed by atoms with Gasteiger partial charge < -0.3 is 15.6 Å².